The molecular formula is C15H22N2O2. The molecule has 0 atom stereocenters. The standard InChI is InChI=1S/C15H22N2O2/c1-17(2)13-5-3-4-11(10-13)15(19)16-12-6-8-14(18)9-7-12/h3-5,10,12,14,18H,6-9H2,1-2H3,(H,16,19). The first-order valence-corrected chi connectivity index (χ1v) is 6.82. The van der Waals surface area contributed by atoms with Gasteiger partial charge in [-0.2, -0.15) is 0 Å². The van der Waals surface area contributed by atoms with Gasteiger partial charge >= 0.3 is 0 Å². The number of nitrogens with zero attached hydrogens (tertiary/aromatic N) is 1. The van der Waals surface area contributed by atoms with Crippen LogP contribution < -0.4 is 10.2 Å². The Kier molecular flexibility index (Phi) is 4.43. The fraction of sp³-hybridized carbons (Fsp3) is 0.533. The third kappa shape index (κ3) is 3.70. The maximum absolute atomic E-state index is 12.2. The van der Waals surface area contributed by atoms with E-state index in [2.05, 4.69) is 5.32 Å². The molecule has 2 rings (SSSR count). The highest BCUT2D eigenvalue weighted by atomic mass is 16.3. The molecule has 2 N–H and O–H groups in total. The van der Waals surface area contributed by atoms with E-state index in [0.717, 1.165) is 31.4 Å². The van der Waals surface area contributed by atoms with Gasteiger partial charge in [0.25, 0.3) is 5.91 Å². The maximum Gasteiger partial charge on any atom is 0.251 e. The normalized spacial score (nSPS) is 22.9. The van der Waals surface area contributed by atoms with Crippen LogP contribution in [0.4, 0.5) is 5.69 Å². The summed E-state index contributed by atoms with van der Waals surface area (Å²) < 4.78 is 0. The molecule has 104 valence electrons. The molecule has 1 saturated carbocycles. The van der Waals surface area contributed by atoms with Crippen molar-refractivity contribution in [3.63, 3.8) is 0 Å². The molecule has 1 amide bonds. The van der Waals surface area contributed by atoms with Gasteiger partial charge < -0.3 is 15.3 Å². The van der Waals surface area contributed by atoms with Gasteiger partial charge in [0.15, 0.2) is 0 Å². The Labute approximate surface area is 114 Å². The van der Waals surface area contributed by atoms with Crippen molar-refractivity contribution in [2.75, 3.05) is 19.0 Å². The molecule has 0 bridgehead atoms. The van der Waals surface area contributed by atoms with E-state index in [1.807, 2.05) is 43.3 Å². The number of aliphatic hydroxyl groups is 1. The lowest BCUT2D eigenvalue weighted by Gasteiger charge is -2.26. The fourth-order valence-electron chi connectivity index (χ4n) is 2.41. The number of amides is 1. The highest BCUT2D eigenvalue weighted by Gasteiger charge is 2.21. The van der Waals surface area contributed by atoms with E-state index in [-0.39, 0.29) is 18.1 Å². The molecule has 19 heavy (non-hydrogen) atoms. The summed E-state index contributed by atoms with van der Waals surface area (Å²) in [6.45, 7) is 0. The number of rotatable bonds is 3. The smallest absolute Gasteiger partial charge is 0.251 e. The molecule has 0 spiro atoms. The summed E-state index contributed by atoms with van der Waals surface area (Å²) in [5.74, 6) is -0.0231. The Morgan fingerprint density at radius 2 is 1.95 bits per heavy atom. The number of nitrogens with one attached hydrogen (secondary N) is 1. The number of carbonyl (C=O) groups is 1. The number of carbonyl (C=O) groups excluding carboxylic acids is 1. The summed E-state index contributed by atoms with van der Waals surface area (Å²) in [5, 5.41) is 12.5. The predicted molar refractivity (Wildman–Crippen MR) is 76.5 cm³/mol. The van der Waals surface area contributed by atoms with E-state index in [4.69, 9.17) is 0 Å². The van der Waals surface area contributed by atoms with Crippen molar-refractivity contribution < 1.29 is 9.90 Å². The average Bonchev–Trinajstić information content (AvgIpc) is 2.41. The van der Waals surface area contributed by atoms with Crippen molar-refractivity contribution in [3.8, 4) is 0 Å². The first-order chi connectivity index (χ1) is 9.06. The second-order valence-corrected chi connectivity index (χ2v) is 5.42. The van der Waals surface area contributed by atoms with Crippen LogP contribution in [0.2, 0.25) is 0 Å². The van der Waals surface area contributed by atoms with Crippen molar-refractivity contribution >= 4 is 11.6 Å². The average molecular weight is 262 g/mol. The summed E-state index contributed by atoms with van der Waals surface area (Å²) >= 11 is 0. The molecule has 0 heterocycles. The van der Waals surface area contributed by atoms with Crippen LogP contribution in [0.1, 0.15) is 36.0 Å². The van der Waals surface area contributed by atoms with E-state index < -0.39 is 0 Å². The van der Waals surface area contributed by atoms with E-state index in [1.54, 1.807) is 0 Å². The molecule has 1 aromatic carbocycles. The molecular weight excluding hydrogens is 240 g/mol. The minimum atomic E-state index is -0.190. The largest absolute Gasteiger partial charge is 0.393 e. The zero-order valence-corrected chi connectivity index (χ0v) is 11.6. The second-order valence-electron chi connectivity index (χ2n) is 5.42. The van der Waals surface area contributed by atoms with Crippen molar-refractivity contribution in [2.24, 2.45) is 0 Å². The molecule has 1 aromatic rings. The lowest BCUT2D eigenvalue weighted by molar-refractivity contribution is 0.0867. The van der Waals surface area contributed by atoms with Crippen molar-refractivity contribution in [2.45, 2.75) is 37.8 Å². The Morgan fingerprint density at radius 1 is 1.26 bits per heavy atom. The summed E-state index contributed by atoms with van der Waals surface area (Å²) in [4.78, 5) is 14.2. The Hall–Kier alpha value is -1.55. The summed E-state index contributed by atoms with van der Waals surface area (Å²) in [6, 6.07) is 7.80. The zero-order valence-electron chi connectivity index (χ0n) is 11.6. The topological polar surface area (TPSA) is 52.6 Å². The molecule has 0 aliphatic heterocycles. The van der Waals surface area contributed by atoms with Crippen molar-refractivity contribution in [3.05, 3.63) is 29.8 Å². The van der Waals surface area contributed by atoms with Crippen LogP contribution in [0, 0.1) is 0 Å². The SMILES string of the molecule is CN(C)c1cccc(C(=O)NC2CCC(O)CC2)c1. The third-order valence-electron chi connectivity index (χ3n) is 3.66. The first kappa shape index (κ1) is 13.9. The Balaban J connectivity index is 1.98. The predicted octanol–water partition coefficient (Wildman–Crippen LogP) is 1.79. The van der Waals surface area contributed by atoms with Crippen LogP contribution in [-0.2, 0) is 0 Å². The molecule has 1 aliphatic rings. The van der Waals surface area contributed by atoms with Crippen molar-refractivity contribution in [1.82, 2.24) is 5.32 Å². The third-order valence-corrected chi connectivity index (χ3v) is 3.66. The molecule has 1 aliphatic carbocycles. The van der Waals surface area contributed by atoms with Crippen LogP contribution in [-0.4, -0.2) is 37.3 Å². The van der Waals surface area contributed by atoms with Gasteiger partial charge in [0.05, 0.1) is 6.10 Å². The minimum Gasteiger partial charge on any atom is -0.393 e. The van der Waals surface area contributed by atoms with Gasteiger partial charge in [-0.15, -0.1) is 0 Å². The van der Waals surface area contributed by atoms with Crippen LogP contribution in [0.15, 0.2) is 24.3 Å². The van der Waals surface area contributed by atoms with Gasteiger partial charge in [0.1, 0.15) is 0 Å². The highest BCUT2D eigenvalue weighted by Crippen LogP contribution is 2.19. The molecule has 0 aromatic heterocycles. The van der Waals surface area contributed by atoms with E-state index in [0.29, 0.717) is 5.56 Å². The van der Waals surface area contributed by atoms with Crippen LogP contribution in [0.3, 0.4) is 0 Å². The number of benzene rings is 1. The number of hydrogen-bond acceptors (Lipinski definition) is 3. The van der Waals surface area contributed by atoms with E-state index >= 15 is 0 Å². The molecule has 4 nitrogen and oxygen atoms in total. The zero-order chi connectivity index (χ0) is 13.8. The number of aliphatic hydroxyl groups excluding tert-OH is 1. The quantitative estimate of drug-likeness (QED) is 0.873. The van der Waals surface area contributed by atoms with E-state index in [9.17, 15) is 9.90 Å². The highest BCUT2D eigenvalue weighted by molar-refractivity contribution is 5.95. The monoisotopic (exact) mass is 262 g/mol. The number of anilines is 1. The minimum absolute atomic E-state index is 0.0231. The molecule has 0 radical (unpaired) electrons. The van der Waals surface area contributed by atoms with Crippen LogP contribution in [0.5, 0.6) is 0 Å². The lowest BCUT2D eigenvalue weighted by Crippen LogP contribution is -2.38. The lowest BCUT2D eigenvalue weighted by atomic mass is 9.93. The Bertz CT molecular complexity index is 438. The summed E-state index contributed by atoms with van der Waals surface area (Å²) in [5.41, 5.74) is 1.71. The van der Waals surface area contributed by atoms with Gasteiger partial charge in [-0.3, -0.25) is 4.79 Å². The Morgan fingerprint density at radius 3 is 2.58 bits per heavy atom. The first-order valence-electron chi connectivity index (χ1n) is 6.82. The second kappa shape index (κ2) is 6.06. The molecule has 0 saturated heterocycles. The molecule has 4 heteroatoms. The summed E-state index contributed by atoms with van der Waals surface area (Å²) in [7, 11) is 3.92. The summed E-state index contributed by atoms with van der Waals surface area (Å²) in [6.07, 6.45) is 3.09. The maximum atomic E-state index is 12.2. The van der Waals surface area contributed by atoms with Gasteiger partial charge in [0.2, 0.25) is 0 Å². The molecule has 1 fully saturated rings. The fourth-order valence-corrected chi connectivity index (χ4v) is 2.41. The van der Waals surface area contributed by atoms with E-state index in [1.165, 1.54) is 0 Å². The van der Waals surface area contributed by atoms with Crippen LogP contribution >= 0.6 is 0 Å². The number of hydrogen-bond donors (Lipinski definition) is 2. The van der Waals surface area contributed by atoms with Gasteiger partial charge in [-0.1, -0.05) is 6.07 Å². The van der Waals surface area contributed by atoms with Crippen molar-refractivity contribution in [1.29, 1.82) is 0 Å². The van der Waals surface area contributed by atoms with Gasteiger partial charge in [-0.05, 0) is 43.9 Å². The van der Waals surface area contributed by atoms with Gasteiger partial charge in [0, 0.05) is 31.4 Å². The van der Waals surface area contributed by atoms with Gasteiger partial charge in [-0.25, -0.2) is 0 Å². The molecule has 0 unspecified atom stereocenters. The van der Waals surface area contributed by atoms with Crippen LogP contribution in [0.25, 0.3) is 0 Å².